The fourth-order valence-corrected chi connectivity index (χ4v) is 2.85. The largest absolute Gasteiger partial charge is 0.377 e. The number of methoxy groups -OCH3 is 1. The molecule has 8 heteroatoms. The molecule has 112 valence electrons. The summed E-state index contributed by atoms with van der Waals surface area (Å²) in [4.78, 5) is 11.3. The minimum absolute atomic E-state index is 0.272. The van der Waals surface area contributed by atoms with Crippen molar-refractivity contribution in [3.63, 3.8) is 0 Å². The topological polar surface area (TPSA) is 82.8 Å². The molecule has 0 radical (unpaired) electrons. The van der Waals surface area contributed by atoms with Gasteiger partial charge in [-0.3, -0.25) is 4.79 Å². The third-order valence-electron chi connectivity index (χ3n) is 3.00. The van der Waals surface area contributed by atoms with Gasteiger partial charge in [0.15, 0.2) is 12.0 Å². The molecule has 0 amide bonds. The van der Waals surface area contributed by atoms with Crippen LogP contribution in [0.3, 0.4) is 0 Å². The van der Waals surface area contributed by atoms with Crippen LogP contribution >= 0.6 is 11.3 Å². The zero-order valence-corrected chi connectivity index (χ0v) is 12.9. The van der Waals surface area contributed by atoms with Gasteiger partial charge in [0.25, 0.3) is 0 Å². The van der Waals surface area contributed by atoms with Crippen molar-refractivity contribution < 1.29 is 9.53 Å². The van der Waals surface area contributed by atoms with E-state index in [9.17, 15) is 4.79 Å². The first-order valence-corrected chi connectivity index (χ1v) is 7.34. The summed E-state index contributed by atoms with van der Waals surface area (Å²) >= 11 is 1.34. The first-order valence-electron chi connectivity index (χ1n) is 6.52. The number of rotatable bonds is 5. The van der Waals surface area contributed by atoms with Gasteiger partial charge in [-0.1, -0.05) is 40.3 Å². The van der Waals surface area contributed by atoms with Crippen LogP contribution in [0.15, 0.2) is 24.3 Å². The van der Waals surface area contributed by atoms with Crippen molar-refractivity contribution in [2.45, 2.75) is 13.5 Å². The van der Waals surface area contributed by atoms with Gasteiger partial charge in [0.05, 0.1) is 0 Å². The van der Waals surface area contributed by atoms with Crippen LogP contribution in [0.4, 0.5) is 0 Å². The molecule has 0 aliphatic rings. The fraction of sp³-hybridized carbons (Fsp3) is 0.214. The highest BCUT2D eigenvalue weighted by Crippen LogP contribution is 2.26. The number of aryl methyl sites for hydroxylation is 1. The van der Waals surface area contributed by atoms with E-state index in [2.05, 4.69) is 20.5 Å². The van der Waals surface area contributed by atoms with Crippen molar-refractivity contribution in [3.8, 4) is 16.4 Å². The van der Waals surface area contributed by atoms with E-state index in [-0.39, 0.29) is 5.69 Å². The van der Waals surface area contributed by atoms with Crippen LogP contribution in [0.2, 0.25) is 0 Å². The van der Waals surface area contributed by atoms with E-state index in [1.54, 1.807) is 7.11 Å². The highest BCUT2D eigenvalue weighted by molar-refractivity contribution is 7.13. The zero-order chi connectivity index (χ0) is 15.5. The average Bonchev–Trinajstić information content (AvgIpc) is 3.13. The lowest BCUT2D eigenvalue weighted by Crippen LogP contribution is -2.00. The number of nitrogens with zero attached hydrogens (tertiary/aromatic N) is 5. The Hall–Kier alpha value is -2.45. The number of carbonyl (C=O) groups is 1. The van der Waals surface area contributed by atoms with E-state index in [4.69, 9.17) is 4.74 Å². The molecule has 0 aliphatic heterocycles. The molecule has 22 heavy (non-hydrogen) atoms. The predicted octanol–water partition coefficient (Wildman–Crippen LogP) is 2.05. The summed E-state index contributed by atoms with van der Waals surface area (Å²) in [5, 5.41) is 17.4. The number of hydrogen-bond donors (Lipinski definition) is 0. The molecule has 0 fully saturated rings. The molecule has 0 spiro atoms. The molecule has 2 aromatic heterocycles. The van der Waals surface area contributed by atoms with E-state index in [0.29, 0.717) is 23.7 Å². The molecule has 2 heterocycles. The van der Waals surface area contributed by atoms with E-state index < -0.39 is 0 Å². The number of ether oxygens (including phenoxy) is 1. The molecule has 0 atom stereocenters. The standard InChI is InChI=1S/C14H13N5O2S/c1-9-4-3-5-10(6-9)13-11(7-20)15-18-19(13)14-17-16-12(22-14)8-21-2/h3-7H,8H2,1-2H3. The van der Waals surface area contributed by atoms with E-state index in [1.165, 1.54) is 16.0 Å². The Morgan fingerprint density at radius 2 is 2.18 bits per heavy atom. The smallest absolute Gasteiger partial charge is 0.234 e. The third kappa shape index (κ3) is 2.66. The molecular formula is C14H13N5O2S. The fourth-order valence-electron chi connectivity index (χ4n) is 2.08. The summed E-state index contributed by atoms with van der Waals surface area (Å²) in [5.74, 6) is 0. The average molecular weight is 315 g/mol. The second-order valence-electron chi connectivity index (χ2n) is 4.63. The maximum Gasteiger partial charge on any atom is 0.234 e. The number of hydrogen-bond acceptors (Lipinski definition) is 7. The predicted molar refractivity (Wildman–Crippen MR) is 81.1 cm³/mol. The number of benzene rings is 1. The Morgan fingerprint density at radius 1 is 1.32 bits per heavy atom. The van der Waals surface area contributed by atoms with Crippen molar-refractivity contribution in [1.29, 1.82) is 0 Å². The molecule has 0 N–H and O–H groups in total. The van der Waals surface area contributed by atoms with Crippen molar-refractivity contribution in [3.05, 3.63) is 40.5 Å². The van der Waals surface area contributed by atoms with Crippen LogP contribution in [0.25, 0.3) is 16.4 Å². The van der Waals surface area contributed by atoms with Gasteiger partial charge in [0.2, 0.25) is 5.13 Å². The molecule has 0 bridgehead atoms. The van der Waals surface area contributed by atoms with Gasteiger partial charge < -0.3 is 4.74 Å². The molecule has 3 aromatic rings. The molecule has 7 nitrogen and oxygen atoms in total. The normalized spacial score (nSPS) is 10.8. The van der Waals surface area contributed by atoms with Gasteiger partial charge in [0, 0.05) is 12.7 Å². The Kier molecular flexibility index (Phi) is 4.03. The van der Waals surface area contributed by atoms with Gasteiger partial charge >= 0.3 is 0 Å². The maximum absolute atomic E-state index is 11.3. The van der Waals surface area contributed by atoms with Crippen LogP contribution in [0, 0.1) is 6.92 Å². The SMILES string of the molecule is COCc1nnc(-n2nnc(C=O)c2-c2cccc(C)c2)s1. The van der Waals surface area contributed by atoms with Crippen molar-refractivity contribution in [1.82, 2.24) is 25.2 Å². The highest BCUT2D eigenvalue weighted by Gasteiger charge is 2.18. The van der Waals surface area contributed by atoms with Crippen LogP contribution in [-0.4, -0.2) is 38.6 Å². The van der Waals surface area contributed by atoms with Crippen molar-refractivity contribution >= 4 is 17.6 Å². The first kappa shape index (κ1) is 14.5. The second-order valence-corrected chi connectivity index (χ2v) is 5.67. The van der Waals surface area contributed by atoms with Gasteiger partial charge in [-0.15, -0.1) is 15.3 Å². The molecule has 0 saturated heterocycles. The summed E-state index contributed by atoms with van der Waals surface area (Å²) in [6, 6.07) is 7.79. The van der Waals surface area contributed by atoms with Crippen LogP contribution in [0.1, 0.15) is 21.1 Å². The first-order chi connectivity index (χ1) is 10.7. The lowest BCUT2D eigenvalue weighted by Gasteiger charge is -2.04. The lowest BCUT2D eigenvalue weighted by atomic mass is 10.1. The summed E-state index contributed by atoms with van der Waals surface area (Å²) in [7, 11) is 1.60. The van der Waals surface area contributed by atoms with Gasteiger partial charge in [0.1, 0.15) is 17.3 Å². The lowest BCUT2D eigenvalue weighted by molar-refractivity contribution is 0.111. The minimum Gasteiger partial charge on any atom is -0.377 e. The summed E-state index contributed by atoms with van der Waals surface area (Å²) in [6.07, 6.45) is 0.693. The summed E-state index contributed by atoms with van der Waals surface area (Å²) < 4.78 is 6.58. The Labute approximate surface area is 130 Å². The van der Waals surface area contributed by atoms with Gasteiger partial charge in [-0.2, -0.15) is 4.68 Å². The Morgan fingerprint density at radius 3 is 2.91 bits per heavy atom. The van der Waals surface area contributed by atoms with Crippen LogP contribution < -0.4 is 0 Å². The molecule has 0 unspecified atom stereocenters. The van der Waals surface area contributed by atoms with Gasteiger partial charge in [-0.05, 0) is 13.0 Å². The highest BCUT2D eigenvalue weighted by atomic mass is 32.1. The Bertz CT molecular complexity index is 811. The molecule has 0 saturated carbocycles. The number of carbonyl (C=O) groups excluding carboxylic acids is 1. The number of aromatic nitrogens is 5. The quantitative estimate of drug-likeness (QED) is 0.670. The minimum atomic E-state index is 0.272. The molecular weight excluding hydrogens is 302 g/mol. The van der Waals surface area contributed by atoms with E-state index in [0.717, 1.165) is 16.1 Å². The molecule has 1 aromatic carbocycles. The monoisotopic (exact) mass is 315 g/mol. The third-order valence-corrected chi connectivity index (χ3v) is 3.88. The Balaban J connectivity index is 2.12. The van der Waals surface area contributed by atoms with Crippen molar-refractivity contribution in [2.24, 2.45) is 0 Å². The van der Waals surface area contributed by atoms with E-state index >= 15 is 0 Å². The van der Waals surface area contributed by atoms with Crippen LogP contribution in [-0.2, 0) is 11.3 Å². The van der Waals surface area contributed by atoms with Crippen LogP contribution in [0.5, 0.6) is 0 Å². The molecule has 3 rings (SSSR count). The van der Waals surface area contributed by atoms with Crippen molar-refractivity contribution in [2.75, 3.05) is 7.11 Å². The zero-order valence-electron chi connectivity index (χ0n) is 12.1. The summed E-state index contributed by atoms with van der Waals surface area (Å²) in [6.45, 7) is 2.37. The molecule has 0 aliphatic carbocycles. The van der Waals surface area contributed by atoms with E-state index in [1.807, 2.05) is 31.2 Å². The van der Waals surface area contributed by atoms with Gasteiger partial charge in [-0.25, -0.2) is 0 Å². The second kappa shape index (κ2) is 6.12. The summed E-state index contributed by atoms with van der Waals surface area (Å²) in [5.41, 5.74) is 2.82. The maximum atomic E-state index is 11.3. The number of aldehydes is 1.